The Balaban J connectivity index is 1.33. The summed E-state index contributed by atoms with van der Waals surface area (Å²) < 4.78 is 1.84. The minimum absolute atomic E-state index is 0.0114. The van der Waals surface area contributed by atoms with E-state index < -0.39 is 0 Å². The average Bonchev–Trinajstić information content (AvgIpc) is 3.36. The van der Waals surface area contributed by atoms with Gasteiger partial charge in [-0.1, -0.05) is 54.6 Å². The molecule has 0 bridgehead atoms. The van der Waals surface area contributed by atoms with E-state index in [0.29, 0.717) is 25.2 Å². The number of hydrogen-bond donors (Lipinski definition) is 0. The molecule has 3 aromatic carbocycles. The van der Waals surface area contributed by atoms with Crippen LogP contribution in [0.25, 0.3) is 10.8 Å². The lowest BCUT2D eigenvalue weighted by Crippen LogP contribution is -2.42. The number of rotatable bonds is 5. The predicted molar refractivity (Wildman–Crippen MR) is 125 cm³/mol. The molecule has 0 N–H and O–H groups in total. The molecular weight excluding hydrogens is 398 g/mol. The number of Topliss-reactive ketones (excluding diaryl/α,β-unsaturated/α-hetero) is 1. The number of hydrogen-bond acceptors (Lipinski definition) is 3. The van der Waals surface area contributed by atoms with Crippen LogP contribution in [-0.2, 0) is 6.54 Å². The first kappa shape index (κ1) is 20.2. The zero-order valence-electron chi connectivity index (χ0n) is 17.9. The van der Waals surface area contributed by atoms with Crippen molar-refractivity contribution in [2.24, 2.45) is 5.92 Å². The zero-order chi connectivity index (χ0) is 21.9. The number of carbonyl (C=O) groups excluding carboxylic acids is 2. The SMILES string of the molecule is O=C(c1cccc2ccccc12)[C@@H]1CCCN(C(=O)c2cccc(Cn3cccn3)c2)C1. The molecule has 1 atom stereocenters. The van der Waals surface area contributed by atoms with Gasteiger partial charge in [-0.2, -0.15) is 5.10 Å². The van der Waals surface area contributed by atoms with Gasteiger partial charge in [-0.05, 0) is 47.4 Å². The highest BCUT2D eigenvalue weighted by Gasteiger charge is 2.30. The number of fused-ring (bicyclic) bond motifs is 1. The molecule has 0 aliphatic carbocycles. The molecule has 5 heteroatoms. The summed E-state index contributed by atoms with van der Waals surface area (Å²) in [4.78, 5) is 28.5. The molecule has 4 aromatic rings. The molecule has 0 spiro atoms. The van der Waals surface area contributed by atoms with Gasteiger partial charge >= 0.3 is 0 Å². The molecule has 1 aromatic heterocycles. The van der Waals surface area contributed by atoms with Gasteiger partial charge < -0.3 is 4.90 Å². The van der Waals surface area contributed by atoms with E-state index in [4.69, 9.17) is 0 Å². The Morgan fingerprint density at radius 2 is 1.81 bits per heavy atom. The number of amides is 1. The molecule has 0 radical (unpaired) electrons. The Hall–Kier alpha value is -3.73. The van der Waals surface area contributed by atoms with Gasteiger partial charge in [0.05, 0.1) is 6.54 Å². The maximum Gasteiger partial charge on any atom is 0.253 e. The van der Waals surface area contributed by atoms with Crippen molar-refractivity contribution in [2.75, 3.05) is 13.1 Å². The molecule has 1 fully saturated rings. The van der Waals surface area contributed by atoms with Crippen molar-refractivity contribution in [1.29, 1.82) is 0 Å². The second kappa shape index (κ2) is 8.79. The van der Waals surface area contributed by atoms with Crippen LogP contribution in [0.5, 0.6) is 0 Å². The summed E-state index contributed by atoms with van der Waals surface area (Å²) in [6.07, 6.45) is 5.30. The van der Waals surface area contributed by atoms with Gasteiger partial charge in [0, 0.05) is 42.5 Å². The van der Waals surface area contributed by atoms with E-state index in [0.717, 1.165) is 34.7 Å². The summed E-state index contributed by atoms with van der Waals surface area (Å²) in [5.41, 5.74) is 2.44. The number of carbonyl (C=O) groups is 2. The Morgan fingerprint density at radius 3 is 2.69 bits per heavy atom. The van der Waals surface area contributed by atoms with Crippen molar-refractivity contribution < 1.29 is 9.59 Å². The summed E-state index contributed by atoms with van der Waals surface area (Å²) in [5.74, 6) is -0.0553. The van der Waals surface area contributed by atoms with Gasteiger partial charge in [-0.3, -0.25) is 14.3 Å². The lowest BCUT2D eigenvalue weighted by Gasteiger charge is -2.32. The van der Waals surface area contributed by atoms with Gasteiger partial charge in [0.15, 0.2) is 5.78 Å². The lowest BCUT2D eigenvalue weighted by molar-refractivity contribution is 0.0637. The third-order valence-corrected chi connectivity index (χ3v) is 6.21. The second-order valence-corrected chi connectivity index (χ2v) is 8.39. The highest BCUT2D eigenvalue weighted by Crippen LogP contribution is 2.26. The molecule has 32 heavy (non-hydrogen) atoms. The van der Waals surface area contributed by atoms with E-state index in [1.807, 2.05) is 88.6 Å². The summed E-state index contributed by atoms with van der Waals surface area (Å²) in [5, 5.41) is 6.29. The third kappa shape index (κ3) is 4.06. The number of benzene rings is 3. The standard InChI is InChI=1S/C27H25N3O2/c31-26(25-13-4-9-21-8-1-2-12-24(21)25)23-11-5-15-29(19-23)27(32)22-10-3-7-20(17-22)18-30-16-6-14-28-30/h1-4,6-10,12-14,16-17,23H,5,11,15,18-19H2/t23-/m1/s1. The van der Waals surface area contributed by atoms with Crippen molar-refractivity contribution >= 4 is 22.5 Å². The van der Waals surface area contributed by atoms with Gasteiger partial charge in [0.25, 0.3) is 5.91 Å². The second-order valence-electron chi connectivity index (χ2n) is 8.39. The van der Waals surface area contributed by atoms with Gasteiger partial charge in [0.1, 0.15) is 0 Å². The largest absolute Gasteiger partial charge is 0.338 e. The predicted octanol–water partition coefficient (Wildman–Crippen LogP) is 4.82. The van der Waals surface area contributed by atoms with Gasteiger partial charge in [0.2, 0.25) is 0 Å². The fourth-order valence-corrected chi connectivity index (χ4v) is 4.60. The molecular formula is C27H25N3O2. The van der Waals surface area contributed by atoms with Crippen LogP contribution < -0.4 is 0 Å². The fourth-order valence-electron chi connectivity index (χ4n) is 4.60. The first-order valence-electron chi connectivity index (χ1n) is 11.1. The van der Waals surface area contributed by atoms with Crippen LogP contribution in [0.15, 0.2) is 85.2 Å². The van der Waals surface area contributed by atoms with Gasteiger partial charge in [-0.25, -0.2) is 0 Å². The summed E-state index contributed by atoms with van der Waals surface area (Å²) >= 11 is 0. The lowest BCUT2D eigenvalue weighted by atomic mass is 9.87. The fraction of sp³-hybridized carbons (Fsp3) is 0.222. The maximum atomic E-state index is 13.4. The molecule has 0 saturated carbocycles. The Morgan fingerprint density at radius 1 is 0.969 bits per heavy atom. The molecule has 160 valence electrons. The Kier molecular flexibility index (Phi) is 5.55. The van der Waals surface area contributed by atoms with E-state index in [1.54, 1.807) is 6.20 Å². The van der Waals surface area contributed by atoms with Crippen LogP contribution >= 0.6 is 0 Å². The molecule has 1 saturated heterocycles. The van der Waals surface area contributed by atoms with Gasteiger partial charge in [-0.15, -0.1) is 0 Å². The first-order valence-corrected chi connectivity index (χ1v) is 11.1. The molecule has 5 rings (SSSR count). The molecule has 1 aliphatic rings. The minimum atomic E-state index is -0.175. The van der Waals surface area contributed by atoms with E-state index in [9.17, 15) is 9.59 Å². The van der Waals surface area contributed by atoms with E-state index in [2.05, 4.69) is 5.10 Å². The van der Waals surface area contributed by atoms with Crippen molar-refractivity contribution in [3.05, 3.63) is 102 Å². The van der Waals surface area contributed by atoms with E-state index in [1.165, 1.54) is 0 Å². The zero-order valence-corrected chi connectivity index (χ0v) is 17.9. The third-order valence-electron chi connectivity index (χ3n) is 6.21. The normalized spacial score (nSPS) is 16.2. The number of nitrogens with zero attached hydrogens (tertiary/aromatic N) is 3. The molecule has 0 unspecified atom stereocenters. The Bertz CT molecular complexity index is 1260. The average molecular weight is 424 g/mol. The van der Waals surface area contributed by atoms with Crippen LogP contribution in [0.1, 0.15) is 39.1 Å². The van der Waals surface area contributed by atoms with Crippen LogP contribution in [-0.4, -0.2) is 39.5 Å². The molecule has 5 nitrogen and oxygen atoms in total. The van der Waals surface area contributed by atoms with E-state index >= 15 is 0 Å². The van der Waals surface area contributed by atoms with Crippen molar-refractivity contribution in [3.8, 4) is 0 Å². The summed E-state index contributed by atoms with van der Waals surface area (Å²) in [6.45, 7) is 1.77. The number of ketones is 1. The van der Waals surface area contributed by atoms with E-state index in [-0.39, 0.29) is 17.6 Å². The topological polar surface area (TPSA) is 55.2 Å². The number of likely N-dealkylation sites (tertiary alicyclic amines) is 1. The van der Waals surface area contributed by atoms with Crippen LogP contribution in [0.4, 0.5) is 0 Å². The van der Waals surface area contributed by atoms with Crippen LogP contribution in [0.2, 0.25) is 0 Å². The van der Waals surface area contributed by atoms with Crippen LogP contribution in [0, 0.1) is 5.92 Å². The van der Waals surface area contributed by atoms with Crippen molar-refractivity contribution in [2.45, 2.75) is 19.4 Å². The molecule has 1 aliphatic heterocycles. The number of aromatic nitrogens is 2. The summed E-state index contributed by atoms with van der Waals surface area (Å²) in [6, 6.07) is 23.4. The van der Waals surface area contributed by atoms with Crippen molar-refractivity contribution in [1.82, 2.24) is 14.7 Å². The molecule has 2 heterocycles. The smallest absolute Gasteiger partial charge is 0.253 e. The van der Waals surface area contributed by atoms with Crippen molar-refractivity contribution in [3.63, 3.8) is 0 Å². The number of piperidine rings is 1. The minimum Gasteiger partial charge on any atom is -0.338 e. The Labute approximate surface area is 187 Å². The highest BCUT2D eigenvalue weighted by atomic mass is 16.2. The highest BCUT2D eigenvalue weighted by molar-refractivity contribution is 6.09. The monoisotopic (exact) mass is 423 g/mol. The molecule has 1 amide bonds. The quantitative estimate of drug-likeness (QED) is 0.433. The first-order chi connectivity index (χ1) is 15.7. The maximum absolute atomic E-state index is 13.4. The summed E-state index contributed by atoms with van der Waals surface area (Å²) in [7, 11) is 0. The van der Waals surface area contributed by atoms with Crippen LogP contribution in [0.3, 0.4) is 0 Å².